The van der Waals surface area contributed by atoms with Gasteiger partial charge in [0, 0.05) is 0 Å². The highest BCUT2D eigenvalue weighted by molar-refractivity contribution is 6.20. The largest absolute Gasteiger partial charge is 0.511 e. The number of halogens is 2. The normalized spacial score (nSPS) is 14.2. The van der Waals surface area contributed by atoms with Crippen molar-refractivity contribution < 1.29 is 14.3 Å². The van der Waals surface area contributed by atoms with Crippen LogP contribution in [0.3, 0.4) is 0 Å². The Morgan fingerprint density at radius 1 is 1.00 bits per heavy atom. The Hall–Kier alpha value is -0.150. The predicted octanol–water partition coefficient (Wildman–Crippen LogP) is 4.65. The van der Waals surface area contributed by atoms with E-state index in [4.69, 9.17) is 32.7 Å². The van der Waals surface area contributed by atoms with Gasteiger partial charge in [-0.25, -0.2) is 4.79 Å². The third-order valence-electron chi connectivity index (χ3n) is 2.02. The molecule has 0 saturated heterocycles. The van der Waals surface area contributed by atoms with Crippen molar-refractivity contribution in [3.63, 3.8) is 0 Å². The van der Waals surface area contributed by atoms with Gasteiger partial charge in [-0.15, -0.1) is 0 Å². The van der Waals surface area contributed by atoms with Gasteiger partial charge in [0.05, 0.1) is 0 Å². The molecule has 0 fully saturated rings. The van der Waals surface area contributed by atoms with Crippen molar-refractivity contribution >= 4 is 29.4 Å². The first-order valence-corrected chi connectivity index (χ1v) is 6.62. The molecule has 2 unspecified atom stereocenters. The molecule has 2 atom stereocenters. The van der Waals surface area contributed by atoms with Gasteiger partial charge in [-0.3, -0.25) is 0 Å². The van der Waals surface area contributed by atoms with Gasteiger partial charge >= 0.3 is 6.16 Å². The van der Waals surface area contributed by atoms with E-state index in [0.717, 1.165) is 25.7 Å². The van der Waals surface area contributed by atoms with Crippen molar-refractivity contribution in [3.8, 4) is 0 Å². The molecular weight excluding hydrogens is 251 g/mol. The lowest BCUT2D eigenvalue weighted by Crippen LogP contribution is -2.18. The summed E-state index contributed by atoms with van der Waals surface area (Å²) in [5.74, 6) is 0. The van der Waals surface area contributed by atoms with Crippen molar-refractivity contribution in [3.05, 3.63) is 0 Å². The summed E-state index contributed by atoms with van der Waals surface area (Å²) >= 11 is 11.6. The highest BCUT2D eigenvalue weighted by Crippen LogP contribution is 2.14. The minimum Gasteiger partial charge on any atom is -0.415 e. The molecule has 0 rings (SSSR count). The summed E-state index contributed by atoms with van der Waals surface area (Å²) < 4.78 is 9.65. The van der Waals surface area contributed by atoms with Crippen LogP contribution in [0.5, 0.6) is 0 Å². The Balaban J connectivity index is 3.63. The number of alkyl halides is 2. The predicted molar refractivity (Wildman–Crippen MR) is 65.9 cm³/mol. The zero-order valence-corrected chi connectivity index (χ0v) is 11.4. The lowest BCUT2D eigenvalue weighted by Gasteiger charge is -2.13. The second-order valence-electron chi connectivity index (χ2n) is 3.59. The first kappa shape index (κ1) is 15.9. The van der Waals surface area contributed by atoms with Crippen LogP contribution < -0.4 is 0 Å². The minimum atomic E-state index is -0.785. The summed E-state index contributed by atoms with van der Waals surface area (Å²) in [5.41, 5.74) is -1.25. The van der Waals surface area contributed by atoms with E-state index in [1.54, 1.807) is 0 Å². The maximum absolute atomic E-state index is 11.2. The molecule has 0 N–H and O–H groups in total. The molecule has 0 radical (unpaired) electrons. The van der Waals surface area contributed by atoms with Gasteiger partial charge in [0.1, 0.15) is 0 Å². The van der Waals surface area contributed by atoms with Crippen LogP contribution in [-0.4, -0.2) is 17.3 Å². The molecule has 0 aromatic rings. The molecule has 0 aliphatic rings. The molecule has 16 heavy (non-hydrogen) atoms. The van der Waals surface area contributed by atoms with E-state index >= 15 is 0 Å². The number of hydrogen-bond donors (Lipinski definition) is 0. The molecule has 0 aliphatic heterocycles. The zero-order valence-electron chi connectivity index (χ0n) is 9.88. The highest BCUT2D eigenvalue weighted by Gasteiger charge is 2.16. The van der Waals surface area contributed by atoms with Crippen LogP contribution in [0.25, 0.3) is 0 Å². The van der Waals surface area contributed by atoms with E-state index in [1.165, 1.54) is 0 Å². The monoisotopic (exact) mass is 270 g/mol. The highest BCUT2D eigenvalue weighted by atomic mass is 35.5. The molecule has 0 spiro atoms. The van der Waals surface area contributed by atoms with Crippen LogP contribution in [0.15, 0.2) is 0 Å². The van der Waals surface area contributed by atoms with Crippen molar-refractivity contribution in [1.82, 2.24) is 0 Å². The van der Waals surface area contributed by atoms with Crippen molar-refractivity contribution in [2.45, 2.75) is 63.5 Å². The van der Waals surface area contributed by atoms with Crippen LogP contribution in [0.2, 0.25) is 0 Å². The molecule has 5 heteroatoms. The van der Waals surface area contributed by atoms with Gasteiger partial charge in [-0.2, -0.15) is 0 Å². The molecule has 96 valence electrons. The van der Waals surface area contributed by atoms with E-state index in [1.807, 2.05) is 13.8 Å². The molecule has 0 aromatic heterocycles. The van der Waals surface area contributed by atoms with Crippen LogP contribution in [-0.2, 0) is 9.47 Å². The summed E-state index contributed by atoms with van der Waals surface area (Å²) in [7, 11) is 0. The van der Waals surface area contributed by atoms with E-state index in [9.17, 15) is 4.79 Å². The number of carbonyl (C=O) groups is 1. The fraction of sp³-hybridized carbons (Fsp3) is 0.909. The maximum Gasteiger partial charge on any atom is 0.511 e. The average Bonchev–Trinajstić information content (AvgIpc) is 2.23. The smallest absolute Gasteiger partial charge is 0.415 e. The van der Waals surface area contributed by atoms with Gasteiger partial charge in [0.25, 0.3) is 0 Å². The molecule has 0 aromatic carbocycles. The third kappa shape index (κ3) is 9.10. The van der Waals surface area contributed by atoms with Crippen LogP contribution in [0.4, 0.5) is 4.79 Å². The van der Waals surface area contributed by atoms with E-state index < -0.39 is 17.3 Å². The summed E-state index contributed by atoms with van der Waals surface area (Å²) in [4.78, 5) is 11.2. The van der Waals surface area contributed by atoms with E-state index in [-0.39, 0.29) is 0 Å². The Morgan fingerprint density at radius 2 is 1.38 bits per heavy atom. The van der Waals surface area contributed by atoms with Gasteiger partial charge in [-0.1, -0.05) is 49.9 Å². The van der Waals surface area contributed by atoms with Gasteiger partial charge in [0.2, 0.25) is 0 Å². The molecule has 0 heterocycles. The minimum absolute atomic E-state index is 0.623. The topological polar surface area (TPSA) is 35.5 Å². The molecular formula is C11H20Cl2O3. The molecule has 0 bridgehead atoms. The third-order valence-corrected chi connectivity index (χ3v) is 2.63. The standard InChI is InChI=1S/C11H20Cl2O3/c1-3-5-7-9(12)15-11(14)16-10(13)8-6-4-2/h9-10H,3-8H2,1-2H3. The van der Waals surface area contributed by atoms with E-state index in [0.29, 0.717) is 12.8 Å². The number of carbonyl (C=O) groups excluding carboxylic acids is 1. The van der Waals surface area contributed by atoms with Crippen LogP contribution in [0, 0.1) is 0 Å². The van der Waals surface area contributed by atoms with Gasteiger partial charge in [0.15, 0.2) is 11.1 Å². The summed E-state index contributed by atoms with van der Waals surface area (Å²) in [6, 6.07) is 0. The zero-order chi connectivity index (χ0) is 12.4. The summed E-state index contributed by atoms with van der Waals surface area (Å²) in [6.07, 6.45) is 4.34. The van der Waals surface area contributed by atoms with Gasteiger partial charge < -0.3 is 9.47 Å². The summed E-state index contributed by atoms with van der Waals surface area (Å²) in [5, 5.41) is 0. The SMILES string of the molecule is CCCCC(Cl)OC(=O)OC(Cl)CCCC. The number of rotatable bonds is 8. The van der Waals surface area contributed by atoms with E-state index in [2.05, 4.69) is 0 Å². The van der Waals surface area contributed by atoms with Gasteiger partial charge in [-0.05, 0) is 25.7 Å². The number of hydrogen-bond acceptors (Lipinski definition) is 3. The van der Waals surface area contributed by atoms with Crippen molar-refractivity contribution in [2.24, 2.45) is 0 Å². The second kappa shape index (κ2) is 10.0. The van der Waals surface area contributed by atoms with Crippen molar-refractivity contribution in [1.29, 1.82) is 0 Å². The molecule has 3 nitrogen and oxygen atoms in total. The summed E-state index contributed by atoms with van der Waals surface area (Å²) in [6.45, 7) is 4.09. The fourth-order valence-electron chi connectivity index (χ4n) is 1.08. The molecule has 0 amide bonds. The molecule has 0 saturated carbocycles. The second-order valence-corrected chi connectivity index (χ2v) is 4.56. The molecule has 0 aliphatic carbocycles. The van der Waals surface area contributed by atoms with Crippen molar-refractivity contribution in [2.75, 3.05) is 0 Å². The van der Waals surface area contributed by atoms with Crippen LogP contribution >= 0.6 is 23.2 Å². The first-order chi connectivity index (χ1) is 7.60. The Kier molecular flexibility index (Phi) is 9.94. The lowest BCUT2D eigenvalue weighted by molar-refractivity contribution is 0.0326. The maximum atomic E-state index is 11.2. The van der Waals surface area contributed by atoms with Crippen LogP contribution in [0.1, 0.15) is 52.4 Å². The fourth-order valence-corrected chi connectivity index (χ4v) is 1.54. The number of unbranched alkanes of at least 4 members (excludes halogenated alkanes) is 2. The Labute approximate surface area is 107 Å². The average molecular weight is 271 g/mol. The lowest BCUT2D eigenvalue weighted by atomic mass is 10.3. The quantitative estimate of drug-likeness (QED) is 0.476. The Bertz CT molecular complexity index is 170. The first-order valence-electron chi connectivity index (χ1n) is 5.75. The Morgan fingerprint density at radius 3 is 1.69 bits per heavy atom. The number of ether oxygens (including phenoxy) is 2.